The average Bonchev–Trinajstić information content (AvgIpc) is 3.33. The van der Waals surface area contributed by atoms with Crippen LogP contribution in [0.15, 0.2) is 47.7 Å². The first-order chi connectivity index (χ1) is 12.8. The monoisotopic (exact) mass is 370 g/mol. The molecule has 3 rings (SSSR count). The highest BCUT2D eigenvalue weighted by Crippen LogP contribution is 2.10. The summed E-state index contributed by atoms with van der Waals surface area (Å²) in [6, 6.07) is 10.1. The van der Waals surface area contributed by atoms with E-state index in [4.69, 9.17) is 17.0 Å². The minimum atomic E-state index is 0.247. The maximum atomic E-state index is 5.52. The van der Waals surface area contributed by atoms with Gasteiger partial charge >= 0.3 is 0 Å². The second kappa shape index (κ2) is 9.79. The van der Waals surface area contributed by atoms with Crippen LogP contribution < -0.4 is 10.7 Å². The van der Waals surface area contributed by atoms with Gasteiger partial charge in [-0.05, 0) is 42.8 Å². The van der Waals surface area contributed by atoms with Crippen molar-refractivity contribution in [2.24, 2.45) is 5.10 Å². The highest BCUT2D eigenvalue weighted by Gasteiger charge is 2.14. The van der Waals surface area contributed by atoms with E-state index in [0.29, 0.717) is 18.2 Å². The lowest BCUT2D eigenvalue weighted by Gasteiger charge is -2.11. The van der Waals surface area contributed by atoms with Crippen molar-refractivity contribution in [3.05, 3.63) is 53.9 Å². The first kappa shape index (κ1) is 18.2. The topological polar surface area (TPSA) is 76.4 Å². The fourth-order valence-electron chi connectivity index (χ4n) is 2.57. The summed E-state index contributed by atoms with van der Waals surface area (Å²) in [6.07, 6.45) is 9.57. The zero-order valence-corrected chi connectivity index (χ0v) is 15.2. The van der Waals surface area contributed by atoms with Crippen LogP contribution in [-0.4, -0.2) is 45.6 Å². The lowest BCUT2D eigenvalue weighted by atomic mass is 10.2. The Hall–Kier alpha value is -2.58. The average molecular weight is 370 g/mol. The summed E-state index contributed by atoms with van der Waals surface area (Å²) in [7, 11) is 0. The van der Waals surface area contributed by atoms with Crippen LogP contribution in [0.3, 0.4) is 0 Å². The minimum absolute atomic E-state index is 0.247. The lowest BCUT2D eigenvalue weighted by Crippen LogP contribution is -2.37. The third kappa shape index (κ3) is 6.05. The molecule has 0 unspecified atom stereocenters. The molecule has 26 heavy (non-hydrogen) atoms. The summed E-state index contributed by atoms with van der Waals surface area (Å²) in [5, 5.41) is 15.8. The maximum Gasteiger partial charge on any atom is 0.187 e. The van der Waals surface area contributed by atoms with Crippen LogP contribution in [-0.2, 0) is 11.3 Å². The van der Waals surface area contributed by atoms with Crippen LogP contribution in [0.2, 0.25) is 0 Å². The Balaban J connectivity index is 1.38. The maximum absolute atomic E-state index is 5.52. The van der Waals surface area contributed by atoms with Gasteiger partial charge in [-0.1, -0.05) is 35.5 Å². The molecule has 1 aromatic heterocycles. The molecule has 7 nitrogen and oxygen atoms in total. The molecule has 0 amide bonds. The summed E-state index contributed by atoms with van der Waals surface area (Å²) in [6.45, 7) is 2.25. The van der Waals surface area contributed by atoms with Crippen LogP contribution in [0.1, 0.15) is 24.1 Å². The molecule has 1 atom stereocenters. The van der Waals surface area contributed by atoms with Gasteiger partial charge in [0.05, 0.1) is 18.8 Å². The minimum Gasteiger partial charge on any atom is -0.376 e. The van der Waals surface area contributed by atoms with E-state index in [1.54, 1.807) is 17.0 Å². The highest BCUT2D eigenvalue weighted by atomic mass is 32.1. The van der Waals surface area contributed by atoms with Crippen LogP contribution >= 0.6 is 12.2 Å². The van der Waals surface area contributed by atoms with E-state index in [1.165, 1.54) is 5.56 Å². The van der Waals surface area contributed by atoms with Gasteiger partial charge in [-0.2, -0.15) is 5.10 Å². The number of nitrogens with zero attached hydrogens (tertiary/aromatic N) is 4. The predicted molar refractivity (Wildman–Crippen MR) is 106 cm³/mol. The molecular formula is C18H22N6OS. The second-order valence-electron chi connectivity index (χ2n) is 5.92. The number of nitrogens with one attached hydrogen (secondary N) is 2. The molecule has 2 N–H and O–H groups in total. The number of allylic oxidation sites excluding steroid dienone is 1. The Bertz CT molecular complexity index is 752. The van der Waals surface area contributed by atoms with Gasteiger partial charge in [0, 0.05) is 19.4 Å². The van der Waals surface area contributed by atoms with Gasteiger partial charge < -0.3 is 10.1 Å². The lowest BCUT2D eigenvalue weighted by molar-refractivity contribution is 0.114. The van der Waals surface area contributed by atoms with E-state index in [-0.39, 0.29) is 6.10 Å². The molecule has 136 valence electrons. The summed E-state index contributed by atoms with van der Waals surface area (Å²) in [5.74, 6) is 0. The van der Waals surface area contributed by atoms with Crippen LogP contribution in [0.25, 0.3) is 6.08 Å². The molecule has 8 heteroatoms. The number of rotatable bonds is 7. The van der Waals surface area contributed by atoms with Gasteiger partial charge in [-0.25, -0.2) is 4.68 Å². The molecule has 0 radical (unpaired) electrons. The predicted octanol–water partition coefficient (Wildman–Crippen LogP) is 1.97. The first-order valence-corrected chi connectivity index (χ1v) is 8.99. The number of hydrogen-bond donors (Lipinski definition) is 2. The molecule has 1 fully saturated rings. The Kier molecular flexibility index (Phi) is 6.86. The Morgan fingerprint density at radius 2 is 2.27 bits per heavy atom. The quantitative estimate of drug-likeness (QED) is 0.441. The van der Waals surface area contributed by atoms with Gasteiger partial charge in [0.15, 0.2) is 5.11 Å². The molecule has 0 saturated carbocycles. The van der Waals surface area contributed by atoms with Crippen molar-refractivity contribution in [1.29, 1.82) is 0 Å². The summed E-state index contributed by atoms with van der Waals surface area (Å²) >= 11 is 5.16. The molecule has 1 aliphatic rings. The van der Waals surface area contributed by atoms with E-state index in [0.717, 1.165) is 25.1 Å². The van der Waals surface area contributed by atoms with E-state index in [9.17, 15) is 0 Å². The number of hydrazone groups is 1. The van der Waals surface area contributed by atoms with Crippen LogP contribution in [0.5, 0.6) is 0 Å². The Morgan fingerprint density at radius 3 is 3.08 bits per heavy atom. The van der Waals surface area contributed by atoms with Crippen molar-refractivity contribution in [2.75, 3.05) is 13.2 Å². The number of thiocarbonyl (C=S) groups is 1. The van der Waals surface area contributed by atoms with E-state index < -0.39 is 0 Å². The number of aromatic nitrogens is 3. The molecule has 2 heterocycles. The number of ether oxygens (including phenoxy) is 1. The SMILES string of the molecule is S=C(NC[C@H]1CCCO1)N/N=C\C=C\c1cn(Cc2ccccc2)nn1. The van der Waals surface area contributed by atoms with Crippen LogP contribution in [0.4, 0.5) is 0 Å². The van der Waals surface area contributed by atoms with Crippen molar-refractivity contribution in [3.63, 3.8) is 0 Å². The normalized spacial score (nSPS) is 17.2. The molecule has 1 aliphatic heterocycles. The largest absolute Gasteiger partial charge is 0.376 e. The van der Waals surface area contributed by atoms with Gasteiger partial charge in [-0.15, -0.1) is 5.10 Å². The first-order valence-electron chi connectivity index (χ1n) is 8.59. The third-order valence-electron chi connectivity index (χ3n) is 3.85. The molecule has 2 aromatic rings. The molecule has 0 aliphatic carbocycles. The van der Waals surface area contributed by atoms with Gasteiger partial charge in [-0.3, -0.25) is 5.43 Å². The highest BCUT2D eigenvalue weighted by molar-refractivity contribution is 7.80. The smallest absolute Gasteiger partial charge is 0.187 e. The fourth-order valence-corrected chi connectivity index (χ4v) is 2.71. The van der Waals surface area contributed by atoms with Crippen molar-refractivity contribution in [1.82, 2.24) is 25.7 Å². The summed E-state index contributed by atoms with van der Waals surface area (Å²) in [5.41, 5.74) is 4.73. The third-order valence-corrected chi connectivity index (χ3v) is 4.09. The molecule has 1 aromatic carbocycles. The number of benzene rings is 1. The van der Waals surface area contributed by atoms with Crippen molar-refractivity contribution < 1.29 is 4.74 Å². The number of hydrogen-bond acceptors (Lipinski definition) is 5. The zero-order valence-electron chi connectivity index (χ0n) is 14.4. The molecule has 0 spiro atoms. The van der Waals surface area contributed by atoms with E-state index in [1.807, 2.05) is 30.5 Å². The van der Waals surface area contributed by atoms with E-state index in [2.05, 4.69) is 38.3 Å². The Labute approximate surface area is 158 Å². The Morgan fingerprint density at radius 1 is 1.38 bits per heavy atom. The standard InChI is InChI=1S/C18H22N6OS/c26-18(19-12-17-9-5-11-25-17)22-20-10-4-8-16-14-24(23-21-16)13-15-6-2-1-3-7-15/h1-4,6-8,10,14,17H,5,9,11-13H2,(H2,19,22,26)/b8-4+,20-10-/t17-/m1/s1. The summed E-state index contributed by atoms with van der Waals surface area (Å²) in [4.78, 5) is 0. The fraction of sp³-hybridized carbons (Fsp3) is 0.333. The molecule has 0 bridgehead atoms. The van der Waals surface area contributed by atoms with E-state index >= 15 is 0 Å². The summed E-state index contributed by atoms with van der Waals surface area (Å²) < 4.78 is 7.32. The van der Waals surface area contributed by atoms with Crippen molar-refractivity contribution >= 4 is 29.6 Å². The molecular weight excluding hydrogens is 348 g/mol. The van der Waals surface area contributed by atoms with Gasteiger partial charge in [0.1, 0.15) is 5.69 Å². The van der Waals surface area contributed by atoms with Crippen molar-refractivity contribution in [3.8, 4) is 0 Å². The van der Waals surface area contributed by atoms with Gasteiger partial charge in [0.25, 0.3) is 0 Å². The zero-order chi connectivity index (χ0) is 18.0. The molecule has 1 saturated heterocycles. The van der Waals surface area contributed by atoms with Gasteiger partial charge in [0.2, 0.25) is 0 Å². The van der Waals surface area contributed by atoms with Crippen molar-refractivity contribution in [2.45, 2.75) is 25.5 Å². The van der Waals surface area contributed by atoms with Crippen LogP contribution in [0, 0.1) is 0 Å². The second-order valence-corrected chi connectivity index (χ2v) is 6.33.